The van der Waals surface area contributed by atoms with Crippen molar-refractivity contribution in [2.24, 2.45) is 0 Å². The van der Waals surface area contributed by atoms with E-state index in [0.717, 1.165) is 5.56 Å². The molecule has 0 aliphatic rings. The van der Waals surface area contributed by atoms with E-state index in [0.29, 0.717) is 27.7 Å². The third kappa shape index (κ3) is 10.0. The number of amides is 1. The number of anilines is 1. The van der Waals surface area contributed by atoms with E-state index in [1.807, 2.05) is 6.07 Å². The van der Waals surface area contributed by atoms with Crippen LogP contribution in [0.1, 0.15) is 51.8 Å². The third-order valence-electron chi connectivity index (χ3n) is 4.91. The molecule has 0 aliphatic heterocycles. The molecule has 0 saturated heterocycles. The van der Waals surface area contributed by atoms with Crippen molar-refractivity contribution in [2.45, 2.75) is 52.4 Å². The highest BCUT2D eigenvalue weighted by Gasteiger charge is 2.31. The normalized spacial score (nSPS) is 12.8. The Kier molecular flexibility index (Phi) is 12.1. The van der Waals surface area contributed by atoms with Gasteiger partial charge in [-0.3, -0.25) is 4.79 Å². The molecule has 2 atom stereocenters. The van der Waals surface area contributed by atoms with Crippen LogP contribution in [0.3, 0.4) is 0 Å². The molecule has 2 rings (SSSR count). The summed E-state index contributed by atoms with van der Waals surface area (Å²) in [6.07, 6.45) is 3.53. The van der Waals surface area contributed by atoms with Crippen LogP contribution in [0.2, 0.25) is 5.02 Å². The molecular formula is C28H34ClF2N3O2. The van der Waals surface area contributed by atoms with Gasteiger partial charge in [-0.2, -0.15) is 0 Å². The minimum atomic E-state index is -2.03. The summed E-state index contributed by atoms with van der Waals surface area (Å²) >= 11 is 6.15. The number of allylic oxidation sites excluding steroid dienone is 3. The van der Waals surface area contributed by atoms with Gasteiger partial charge in [-0.25, -0.2) is 8.78 Å². The Labute approximate surface area is 217 Å². The van der Waals surface area contributed by atoms with E-state index in [1.54, 1.807) is 56.3 Å². The van der Waals surface area contributed by atoms with Crippen LogP contribution < -0.4 is 15.4 Å². The zero-order valence-corrected chi connectivity index (χ0v) is 22.0. The summed E-state index contributed by atoms with van der Waals surface area (Å²) in [6.45, 7) is 14.7. The minimum absolute atomic E-state index is 0.120. The lowest BCUT2D eigenvalue weighted by atomic mass is 10.0. The lowest BCUT2D eigenvalue weighted by Crippen LogP contribution is -2.46. The Morgan fingerprint density at radius 1 is 1.25 bits per heavy atom. The minimum Gasteiger partial charge on any atom is -0.484 e. The fourth-order valence-corrected chi connectivity index (χ4v) is 3.01. The van der Waals surface area contributed by atoms with Gasteiger partial charge >= 0.3 is 0 Å². The zero-order chi connectivity index (χ0) is 27.5. The number of halogens is 3. The van der Waals surface area contributed by atoms with Crippen molar-refractivity contribution in [3.8, 4) is 5.75 Å². The highest BCUT2D eigenvalue weighted by atomic mass is 35.5. The summed E-state index contributed by atoms with van der Waals surface area (Å²) in [6, 6.07) is 11.7. The Hall–Kier alpha value is -3.45. The van der Waals surface area contributed by atoms with E-state index < -0.39 is 23.7 Å². The molecule has 3 N–H and O–H groups in total. The first kappa shape index (κ1) is 30.6. The summed E-state index contributed by atoms with van der Waals surface area (Å²) in [4.78, 5) is 12.2. The molecule has 0 aromatic heterocycles. The number of ether oxygens (including phenoxy) is 1. The number of hydrogen-bond acceptors (Lipinski definition) is 4. The van der Waals surface area contributed by atoms with E-state index in [2.05, 4.69) is 23.8 Å². The maximum Gasteiger partial charge on any atom is 0.257 e. The van der Waals surface area contributed by atoms with E-state index in [9.17, 15) is 13.6 Å². The van der Waals surface area contributed by atoms with Gasteiger partial charge in [0.25, 0.3) is 5.91 Å². The van der Waals surface area contributed by atoms with E-state index >= 15 is 0 Å². The number of alkyl halides is 1. The lowest BCUT2D eigenvalue weighted by molar-refractivity contribution is -0.132. The van der Waals surface area contributed by atoms with Crippen LogP contribution in [0.4, 0.5) is 14.5 Å². The topological polar surface area (TPSA) is 74.2 Å². The molecule has 0 spiro atoms. The quantitative estimate of drug-likeness (QED) is 0.223. The molecule has 0 heterocycles. The first-order chi connectivity index (χ1) is 16.8. The van der Waals surface area contributed by atoms with Crippen molar-refractivity contribution in [3.63, 3.8) is 0 Å². The zero-order valence-electron chi connectivity index (χ0n) is 21.3. The summed E-state index contributed by atoms with van der Waals surface area (Å²) < 4.78 is 31.5. The van der Waals surface area contributed by atoms with E-state index in [1.165, 1.54) is 33.1 Å². The average molecular weight is 518 g/mol. The molecule has 0 saturated carbocycles. The Balaban J connectivity index is 0.00000118. The molecule has 8 heteroatoms. The van der Waals surface area contributed by atoms with Crippen LogP contribution in [0.5, 0.6) is 5.75 Å². The lowest BCUT2D eigenvalue weighted by Gasteiger charge is -2.28. The Morgan fingerprint density at radius 3 is 2.39 bits per heavy atom. The van der Waals surface area contributed by atoms with Gasteiger partial charge in [0.15, 0.2) is 5.67 Å². The van der Waals surface area contributed by atoms with Gasteiger partial charge in [-0.05, 0) is 76.6 Å². The molecule has 194 valence electrons. The van der Waals surface area contributed by atoms with Gasteiger partial charge in [-0.1, -0.05) is 43.0 Å². The molecule has 0 radical (unpaired) electrons. The molecular weight excluding hydrogens is 484 g/mol. The van der Waals surface area contributed by atoms with Gasteiger partial charge < -0.3 is 20.8 Å². The predicted molar refractivity (Wildman–Crippen MR) is 145 cm³/mol. The van der Waals surface area contributed by atoms with Crippen LogP contribution in [-0.4, -0.2) is 23.8 Å². The molecule has 0 fully saturated rings. The largest absolute Gasteiger partial charge is 0.484 e. The maximum absolute atomic E-state index is 14.1. The van der Waals surface area contributed by atoms with Crippen molar-refractivity contribution >= 4 is 29.4 Å². The number of nitrogens with one attached hydrogen (secondary N) is 3. The van der Waals surface area contributed by atoms with E-state index in [4.69, 9.17) is 21.7 Å². The third-order valence-corrected chi connectivity index (χ3v) is 5.15. The summed E-state index contributed by atoms with van der Waals surface area (Å²) in [5.74, 6) is -0.387. The molecule has 5 nitrogen and oxygen atoms in total. The van der Waals surface area contributed by atoms with Crippen molar-refractivity contribution < 1.29 is 18.3 Å². The fourth-order valence-electron chi connectivity index (χ4n) is 2.81. The maximum atomic E-state index is 14.1. The van der Waals surface area contributed by atoms with Crippen LogP contribution in [0.15, 0.2) is 79.3 Å². The standard InChI is InChI=1S/C24H27ClFN3O2.C4H7F/c1-6-15(2)28-21-11-10-20(13-18(21)14-27)31-22(17-8-7-9-19(25)12-17)16(3)29-23(30)24(4,5)26;1-3-4(2)5/h6-14,16,22,27-28H,1-2H2,3-5H3,(H,29,30);3H,1-2H3/b;4-3+/t16?,22-;/m0./s1. The SMILES string of the molecule is C/C=C(\C)F.C=CC(=C)Nc1ccc(O[C@H](c2cccc(Cl)c2)C(C)NC(=O)C(C)(C)F)cc1C=N. The van der Waals surface area contributed by atoms with Crippen molar-refractivity contribution in [3.05, 3.63) is 95.4 Å². The molecule has 0 bridgehead atoms. The van der Waals surface area contributed by atoms with Crippen LogP contribution in [-0.2, 0) is 4.79 Å². The Bertz CT molecular complexity index is 1110. The summed E-state index contributed by atoms with van der Waals surface area (Å²) in [5.41, 5.74) is 0.537. The first-order valence-electron chi connectivity index (χ1n) is 11.3. The monoisotopic (exact) mass is 517 g/mol. The van der Waals surface area contributed by atoms with Crippen LogP contribution in [0.25, 0.3) is 0 Å². The van der Waals surface area contributed by atoms with Crippen LogP contribution in [0, 0.1) is 5.41 Å². The second-order valence-electron chi connectivity index (χ2n) is 8.45. The predicted octanol–water partition coefficient (Wildman–Crippen LogP) is 7.70. The second kappa shape index (κ2) is 14.2. The fraction of sp³-hybridized carbons (Fsp3) is 0.286. The number of hydrogen-bond donors (Lipinski definition) is 3. The first-order valence-corrected chi connectivity index (χ1v) is 11.6. The number of rotatable bonds is 10. The Morgan fingerprint density at radius 2 is 1.89 bits per heavy atom. The van der Waals surface area contributed by atoms with Gasteiger partial charge in [-0.15, -0.1) is 0 Å². The molecule has 1 amide bonds. The molecule has 2 aromatic rings. The van der Waals surface area contributed by atoms with Crippen molar-refractivity contribution in [2.75, 3.05) is 5.32 Å². The highest BCUT2D eigenvalue weighted by Crippen LogP contribution is 2.30. The highest BCUT2D eigenvalue weighted by molar-refractivity contribution is 6.30. The molecule has 2 aromatic carbocycles. The van der Waals surface area contributed by atoms with E-state index in [-0.39, 0.29) is 5.83 Å². The van der Waals surface area contributed by atoms with Crippen molar-refractivity contribution in [1.82, 2.24) is 5.32 Å². The van der Waals surface area contributed by atoms with Crippen molar-refractivity contribution in [1.29, 1.82) is 5.41 Å². The van der Waals surface area contributed by atoms with Gasteiger partial charge in [0, 0.05) is 28.2 Å². The summed E-state index contributed by atoms with van der Waals surface area (Å²) in [5, 5.41) is 14.0. The number of benzene rings is 2. The van der Waals surface area contributed by atoms with Gasteiger partial charge in [0.1, 0.15) is 11.9 Å². The smallest absolute Gasteiger partial charge is 0.257 e. The summed E-state index contributed by atoms with van der Waals surface area (Å²) in [7, 11) is 0. The second-order valence-corrected chi connectivity index (χ2v) is 8.89. The van der Waals surface area contributed by atoms with Crippen LogP contribution >= 0.6 is 11.6 Å². The van der Waals surface area contributed by atoms with Gasteiger partial charge in [0.2, 0.25) is 0 Å². The number of carbonyl (C=O) groups is 1. The molecule has 1 unspecified atom stereocenters. The molecule has 36 heavy (non-hydrogen) atoms. The number of carbonyl (C=O) groups excluding carboxylic acids is 1. The molecule has 0 aliphatic carbocycles. The van der Waals surface area contributed by atoms with Gasteiger partial charge in [0.05, 0.1) is 11.9 Å². The average Bonchev–Trinajstić information content (AvgIpc) is 2.82.